The minimum Gasteiger partial charge on any atom is -0.488 e. The van der Waals surface area contributed by atoms with Crippen molar-refractivity contribution in [3.8, 4) is 11.8 Å². The van der Waals surface area contributed by atoms with Crippen molar-refractivity contribution in [2.75, 3.05) is 6.54 Å². The zero-order valence-electron chi connectivity index (χ0n) is 12.2. The van der Waals surface area contributed by atoms with E-state index in [1.807, 2.05) is 6.07 Å². The Morgan fingerprint density at radius 3 is 3.09 bits per heavy atom. The van der Waals surface area contributed by atoms with Crippen LogP contribution in [0.4, 0.5) is 0 Å². The molecular formula is C16H13N5O2. The summed E-state index contributed by atoms with van der Waals surface area (Å²) in [5.74, 6) is 0.749. The molecule has 0 bridgehead atoms. The number of rotatable bonds is 2. The molecule has 23 heavy (non-hydrogen) atoms. The average Bonchev–Trinajstić information content (AvgIpc) is 2.95. The number of carbonyl (C=O) groups excluding carboxylic acids is 1. The summed E-state index contributed by atoms with van der Waals surface area (Å²) >= 11 is 0. The summed E-state index contributed by atoms with van der Waals surface area (Å²) in [4.78, 5) is 22.8. The monoisotopic (exact) mass is 307 g/mol. The number of H-pyrrole nitrogens is 1. The van der Waals surface area contributed by atoms with Gasteiger partial charge < -0.3 is 15.0 Å². The number of fused-ring (bicyclic) bond motifs is 3. The van der Waals surface area contributed by atoms with Gasteiger partial charge in [-0.1, -0.05) is 0 Å². The molecule has 1 aliphatic heterocycles. The first-order chi connectivity index (χ1) is 11.2. The largest absolute Gasteiger partial charge is 0.488 e. The first-order valence-corrected chi connectivity index (χ1v) is 7.34. The summed E-state index contributed by atoms with van der Waals surface area (Å²) in [5.41, 5.74) is 1.84. The van der Waals surface area contributed by atoms with E-state index < -0.39 is 0 Å². The Bertz CT molecular complexity index is 946. The Kier molecular flexibility index (Phi) is 3.08. The predicted octanol–water partition coefficient (Wildman–Crippen LogP) is 1.64. The molecule has 4 rings (SSSR count). The number of nitrogens with zero attached hydrogens (tertiary/aromatic N) is 3. The maximum absolute atomic E-state index is 11.3. The highest BCUT2D eigenvalue weighted by molar-refractivity contribution is 6.09. The third-order valence-electron chi connectivity index (χ3n) is 3.97. The van der Waals surface area contributed by atoms with Gasteiger partial charge in [0.1, 0.15) is 29.3 Å². The van der Waals surface area contributed by atoms with E-state index in [0.29, 0.717) is 36.5 Å². The number of piperidine rings is 1. The Balaban J connectivity index is 1.79. The van der Waals surface area contributed by atoms with Crippen LogP contribution in [-0.4, -0.2) is 33.5 Å². The van der Waals surface area contributed by atoms with Gasteiger partial charge in [-0.05, 0) is 18.6 Å². The van der Waals surface area contributed by atoms with Gasteiger partial charge in [0.05, 0.1) is 23.6 Å². The topological polar surface area (TPSA) is 104 Å². The zero-order chi connectivity index (χ0) is 15.8. The number of nitrogens with one attached hydrogen (secondary N) is 2. The zero-order valence-corrected chi connectivity index (χ0v) is 12.2. The van der Waals surface area contributed by atoms with Gasteiger partial charge in [0, 0.05) is 18.0 Å². The fourth-order valence-corrected chi connectivity index (χ4v) is 2.84. The highest BCUT2D eigenvalue weighted by atomic mass is 16.5. The number of hydrogen-bond donors (Lipinski definition) is 2. The number of pyridine rings is 2. The van der Waals surface area contributed by atoms with Crippen LogP contribution in [0.3, 0.4) is 0 Å². The summed E-state index contributed by atoms with van der Waals surface area (Å²) in [7, 11) is 0. The summed E-state index contributed by atoms with van der Waals surface area (Å²) in [5, 5.41) is 13.5. The normalized spacial score (nSPS) is 17.9. The van der Waals surface area contributed by atoms with Gasteiger partial charge in [0.2, 0.25) is 5.91 Å². The summed E-state index contributed by atoms with van der Waals surface area (Å²) in [6.07, 6.45) is 4.38. The van der Waals surface area contributed by atoms with Gasteiger partial charge in [-0.25, -0.2) is 9.97 Å². The van der Waals surface area contributed by atoms with Gasteiger partial charge in [-0.2, -0.15) is 5.26 Å². The third kappa shape index (κ3) is 2.34. The van der Waals surface area contributed by atoms with E-state index in [9.17, 15) is 4.79 Å². The predicted molar refractivity (Wildman–Crippen MR) is 82.8 cm³/mol. The fourth-order valence-electron chi connectivity index (χ4n) is 2.84. The van der Waals surface area contributed by atoms with Crippen molar-refractivity contribution in [1.29, 1.82) is 5.26 Å². The molecule has 3 aromatic heterocycles. The van der Waals surface area contributed by atoms with Crippen LogP contribution in [0.1, 0.15) is 18.5 Å². The quantitative estimate of drug-likeness (QED) is 0.749. The molecule has 1 unspecified atom stereocenters. The molecule has 0 aliphatic carbocycles. The molecule has 0 spiro atoms. The molecule has 0 radical (unpaired) electrons. The highest BCUT2D eigenvalue weighted by Gasteiger charge is 2.21. The van der Waals surface area contributed by atoms with Crippen molar-refractivity contribution < 1.29 is 9.53 Å². The van der Waals surface area contributed by atoms with Crippen LogP contribution in [-0.2, 0) is 4.79 Å². The van der Waals surface area contributed by atoms with Crippen LogP contribution in [0.5, 0.6) is 5.75 Å². The number of nitriles is 1. The number of carbonyl (C=O) groups is 1. The van der Waals surface area contributed by atoms with Crippen molar-refractivity contribution >= 4 is 27.8 Å². The van der Waals surface area contributed by atoms with Crippen molar-refractivity contribution in [2.45, 2.75) is 18.9 Å². The van der Waals surface area contributed by atoms with Gasteiger partial charge in [0.15, 0.2) is 0 Å². The van der Waals surface area contributed by atoms with Crippen LogP contribution >= 0.6 is 0 Å². The number of aromatic amines is 1. The second-order valence-corrected chi connectivity index (χ2v) is 5.47. The van der Waals surface area contributed by atoms with Crippen LogP contribution in [0.2, 0.25) is 0 Å². The molecule has 0 aromatic carbocycles. The van der Waals surface area contributed by atoms with E-state index in [0.717, 1.165) is 16.3 Å². The lowest BCUT2D eigenvalue weighted by Crippen LogP contribution is -2.40. The number of amides is 1. The lowest BCUT2D eigenvalue weighted by Gasteiger charge is -2.23. The molecule has 3 aromatic rings. The third-order valence-corrected chi connectivity index (χ3v) is 3.97. The van der Waals surface area contributed by atoms with Gasteiger partial charge >= 0.3 is 0 Å². The van der Waals surface area contributed by atoms with Gasteiger partial charge in [-0.15, -0.1) is 0 Å². The smallest absolute Gasteiger partial charge is 0.220 e. The van der Waals surface area contributed by atoms with E-state index in [1.165, 1.54) is 0 Å². The molecular weight excluding hydrogens is 294 g/mol. The lowest BCUT2D eigenvalue weighted by molar-refractivity contribution is -0.123. The van der Waals surface area contributed by atoms with Crippen LogP contribution in [0, 0.1) is 11.3 Å². The Morgan fingerprint density at radius 1 is 1.39 bits per heavy atom. The molecule has 2 N–H and O–H groups in total. The molecule has 1 aliphatic rings. The lowest BCUT2D eigenvalue weighted by atomic mass is 10.1. The molecule has 0 saturated carbocycles. The number of hydrogen-bond acceptors (Lipinski definition) is 5. The molecule has 1 saturated heterocycles. The standard InChI is InChI=1S/C16H13N5O2/c17-6-9-5-11-12(8-19-9)21-16-15(11)13(3-4-18-16)23-10-1-2-14(22)20-7-10/h3-5,8,10H,1-2,7H2,(H,18,21)(H,20,22). The van der Waals surface area contributed by atoms with Crippen LogP contribution in [0.25, 0.3) is 21.9 Å². The maximum Gasteiger partial charge on any atom is 0.220 e. The fraction of sp³-hybridized carbons (Fsp3) is 0.250. The van der Waals surface area contributed by atoms with Crippen molar-refractivity contribution in [2.24, 2.45) is 0 Å². The van der Waals surface area contributed by atoms with E-state index in [4.69, 9.17) is 10.00 Å². The Hall–Kier alpha value is -3.14. The first kappa shape index (κ1) is 13.5. The Labute approximate surface area is 131 Å². The van der Waals surface area contributed by atoms with Crippen LogP contribution in [0.15, 0.2) is 24.5 Å². The second kappa shape index (κ2) is 5.25. The molecule has 7 nitrogen and oxygen atoms in total. The van der Waals surface area contributed by atoms with Crippen molar-refractivity contribution in [1.82, 2.24) is 20.3 Å². The average molecular weight is 307 g/mol. The minimum atomic E-state index is -0.0690. The maximum atomic E-state index is 11.3. The second-order valence-electron chi connectivity index (χ2n) is 5.47. The first-order valence-electron chi connectivity index (χ1n) is 7.34. The summed E-state index contributed by atoms with van der Waals surface area (Å²) in [6.45, 7) is 0.496. The minimum absolute atomic E-state index is 0.0570. The summed E-state index contributed by atoms with van der Waals surface area (Å²) in [6, 6.07) is 5.58. The van der Waals surface area contributed by atoms with Gasteiger partial charge in [0.25, 0.3) is 0 Å². The van der Waals surface area contributed by atoms with E-state index in [1.54, 1.807) is 24.5 Å². The molecule has 7 heteroatoms. The Morgan fingerprint density at radius 2 is 2.30 bits per heavy atom. The molecule has 1 amide bonds. The van der Waals surface area contributed by atoms with Crippen molar-refractivity contribution in [3.05, 3.63) is 30.2 Å². The molecule has 1 atom stereocenters. The molecule has 114 valence electrons. The van der Waals surface area contributed by atoms with E-state index >= 15 is 0 Å². The number of aromatic nitrogens is 3. The van der Waals surface area contributed by atoms with Crippen LogP contribution < -0.4 is 10.1 Å². The van der Waals surface area contributed by atoms with E-state index in [-0.39, 0.29) is 12.0 Å². The SMILES string of the molecule is N#Cc1cc2c(cn1)[nH]c1nccc(OC3CCC(=O)NC3)c12. The molecule has 1 fully saturated rings. The number of ether oxygens (including phenoxy) is 1. The highest BCUT2D eigenvalue weighted by Crippen LogP contribution is 2.32. The van der Waals surface area contributed by atoms with Gasteiger partial charge in [-0.3, -0.25) is 4.79 Å². The van der Waals surface area contributed by atoms with E-state index in [2.05, 4.69) is 20.3 Å². The summed E-state index contributed by atoms with van der Waals surface area (Å²) < 4.78 is 6.08. The van der Waals surface area contributed by atoms with Crippen molar-refractivity contribution in [3.63, 3.8) is 0 Å². The molecule has 4 heterocycles.